The Hall–Kier alpha value is -3.07. The number of nitrogens with zero attached hydrogens (tertiary/aromatic N) is 2. The van der Waals surface area contributed by atoms with E-state index in [1.54, 1.807) is 31.2 Å². The number of carbonyl (C=O) groups is 2. The van der Waals surface area contributed by atoms with E-state index < -0.39 is 28.5 Å². The molecule has 10 heteroatoms. The number of aryl methyl sites for hydroxylation is 2. The van der Waals surface area contributed by atoms with Crippen LogP contribution in [0.15, 0.2) is 66.7 Å². The van der Waals surface area contributed by atoms with Crippen LogP contribution in [0.5, 0.6) is 0 Å². The minimum atomic E-state index is -3.87. The fourth-order valence-corrected chi connectivity index (χ4v) is 6.95. The van der Waals surface area contributed by atoms with Crippen molar-refractivity contribution in [1.29, 1.82) is 0 Å². The summed E-state index contributed by atoms with van der Waals surface area (Å²) in [6.45, 7) is 3.10. The lowest BCUT2D eigenvalue weighted by Crippen LogP contribution is -2.55. The van der Waals surface area contributed by atoms with Crippen molar-refractivity contribution >= 4 is 50.7 Å². The van der Waals surface area contributed by atoms with Crippen molar-refractivity contribution < 1.29 is 18.0 Å². The standard InChI is InChI=1S/C33H39Cl2N3O4S/c1-23-17-18-24(2)30(19-23)38(43(3,41)42)22-32(39)37(21-27-28(34)15-10-16-29(27)35)31(20-25-11-6-4-7-12-25)33(40)36-26-13-8-5-9-14-26/h4,6-7,10-12,15-19,26,31H,5,8-9,13-14,20-22H2,1-3H3,(H,36,40)/t31-/m1/s1. The van der Waals surface area contributed by atoms with E-state index in [1.165, 1.54) is 4.90 Å². The van der Waals surface area contributed by atoms with Crippen LogP contribution in [-0.4, -0.2) is 50.0 Å². The highest BCUT2D eigenvalue weighted by molar-refractivity contribution is 7.92. The number of carbonyl (C=O) groups excluding carboxylic acids is 2. The van der Waals surface area contributed by atoms with Crippen LogP contribution in [0.1, 0.15) is 54.4 Å². The van der Waals surface area contributed by atoms with E-state index in [1.807, 2.05) is 49.4 Å². The summed E-state index contributed by atoms with van der Waals surface area (Å²) in [5, 5.41) is 3.90. The van der Waals surface area contributed by atoms with Crippen LogP contribution >= 0.6 is 23.2 Å². The van der Waals surface area contributed by atoms with Gasteiger partial charge in [0.15, 0.2) is 0 Å². The zero-order valence-electron chi connectivity index (χ0n) is 24.9. The van der Waals surface area contributed by atoms with Crippen molar-refractivity contribution in [3.05, 3.63) is 99.0 Å². The fourth-order valence-electron chi connectivity index (χ4n) is 5.53. The van der Waals surface area contributed by atoms with Gasteiger partial charge in [-0.1, -0.05) is 91.0 Å². The summed E-state index contributed by atoms with van der Waals surface area (Å²) in [6.07, 6.45) is 6.26. The molecule has 1 saturated carbocycles. The van der Waals surface area contributed by atoms with Crippen LogP contribution in [0.3, 0.4) is 0 Å². The summed E-state index contributed by atoms with van der Waals surface area (Å²) in [4.78, 5) is 29.9. The van der Waals surface area contributed by atoms with Gasteiger partial charge >= 0.3 is 0 Å². The number of halogens is 2. The highest BCUT2D eigenvalue weighted by Gasteiger charge is 2.35. The summed E-state index contributed by atoms with van der Waals surface area (Å²) >= 11 is 13.1. The first kappa shape index (κ1) is 32.8. The molecule has 0 aliphatic heterocycles. The molecule has 0 radical (unpaired) electrons. The van der Waals surface area contributed by atoms with Crippen molar-refractivity contribution in [3.8, 4) is 0 Å². The van der Waals surface area contributed by atoms with Crippen molar-refractivity contribution in [2.45, 2.75) is 71.0 Å². The van der Waals surface area contributed by atoms with Gasteiger partial charge in [-0.15, -0.1) is 0 Å². The Labute approximate surface area is 265 Å². The number of hydrogen-bond acceptors (Lipinski definition) is 4. The molecule has 0 aromatic heterocycles. The summed E-state index contributed by atoms with van der Waals surface area (Å²) in [5.41, 5.74) is 3.33. The third kappa shape index (κ3) is 8.74. The Morgan fingerprint density at radius 2 is 1.58 bits per heavy atom. The summed E-state index contributed by atoms with van der Waals surface area (Å²) in [5.74, 6) is -0.827. The molecule has 0 unspecified atom stereocenters. The van der Waals surface area contributed by atoms with E-state index in [0.29, 0.717) is 26.9 Å². The first-order chi connectivity index (χ1) is 20.4. The van der Waals surface area contributed by atoms with E-state index in [9.17, 15) is 18.0 Å². The number of benzene rings is 3. The van der Waals surface area contributed by atoms with Gasteiger partial charge in [-0.2, -0.15) is 0 Å². The van der Waals surface area contributed by atoms with Crippen LogP contribution in [0.4, 0.5) is 5.69 Å². The molecule has 1 aliphatic rings. The van der Waals surface area contributed by atoms with E-state index in [2.05, 4.69) is 5.32 Å². The zero-order chi connectivity index (χ0) is 31.1. The number of rotatable bonds is 11. The molecule has 0 spiro atoms. The molecule has 0 saturated heterocycles. The highest BCUT2D eigenvalue weighted by Crippen LogP contribution is 2.29. The van der Waals surface area contributed by atoms with Crippen LogP contribution < -0.4 is 9.62 Å². The second-order valence-electron chi connectivity index (χ2n) is 11.3. The second kappa shape index (κ2) is 14.6. The molecule has 230 valence electrons. The average Bonchev–Trinajstić information content (AvgIpc) is 2.96. The van der Waals surface area contributed by atoms with Crippen molar-refractivity contribution in [2.24, 2.45) is 0 Å². The fraction of sp³-hybridized carbons (Fsp3) is 0.394. The number of amides is 2. The van der Waals surface area contributed by atoms with E-state index in [-0.39, 0.29) is 24.9 Å². The normalized spacial score (nSPS) is 14.6. The maximum Gasteiger partial charge on any atom is 0.244 e. The van der Waals surface area contributed by atoms with Crippen molar-refractivity contribution in [1.82, 2.24) is 10.2 Å². The molecule has 0 heterocycles. The Kier molecular flexibility index (Phi) is 11.2. The number of nitrogens with one attached hydrogen (secondary N) is 1. The van der Waals surface area contributed by atoms with Gasteiger partial charge in [0.25, 0.3) is 0 Å². The Morgan fingerprint density at radius 1 is 0.930 bits per heavy atom. The molecule has 7 nitrogen and oxygen atoms in total. The van der Waals surface area contributed by atoms with Gasteiger partial charge in [-0.3, -0.25) is 13.9 Å². The van der Waals surface area contributed by atoms with Gasteiger partial charge in [0.1, 0.15) is 12.6 Å². The Balaban J connectivity index is 1.78. The lowest BCUT2D eigenvalue weighted by atomic mass is 9.94. The second-order valence-corrected chi connectivity index (χ2v) is 14.1. The van der Waals surface area contributed by atoms with Crippen LogP contribution in [0, 0.1) is 13.8 Å². The molecule has 1 fully saturated rings. The maximum absolute atomic E-state index is 14.4. The molecule has 3 aromatic carbocycles. The summed E-state index contributed by atoms with van der Waals surface area (Å²) in [7, 11) is -3.87. The highest BCUT2D eigenvalue weighted by atomic mass is 35.5. The van der Waals surface area contributed by atoms with Gasteiger partial charge in [0.05, 0.1) is 11.9 Å². The summed E-state index contributed by atoms with van der Waals surface area (Å²) < 4.78 is 27.3. The molecule has 4 rings (SSSR count). The van der Waals surface area contributed by atoms with E-state index >= 15 is 0 Å². The smallest absolute Gasteiger partial charge is 0.244 e. The van der Waals surface area contributed by atoms with Gasteiger partial charge in [-0.25, -0.2) is 8.42 Å². The van der Waals surface area contributed by atoms with Crippen molar-refractivity contribution in [3.63, 3.8) is 0 Å². The monoisotopic (exact) mass is 643 g/mol. The maximum atomic E-state index is 14.4. The van der Waals surface area contributed by atoms with Crippen LogP contribution in [0.2, 0.25) is 10.0 Å². The first-order valence-corrected chi connectivity index (χ1v) is 17.2. The molecule has 0 bridgehead atoms. The van der Waals surface area contributed by atoms with E-state index in [4.69, 9.17) is 23.2 Å². The van der Waals surface area contributed by atoms with Gasteiger partial charge in [0, 0.05) is 34.6 Å². The van der Waals surface area contributed by atoms with Gasteiger partial charge < -0.3 is 10.2 Å². The zero-order valence-corrected chi connectivity index (χ0v) is 27.2. The SMILES string of the molecule is Cc1ccc(C)c(N(CC(=O)N(Cc2c(Cl)cccc2Cl)[C@H](Cc2ccccc2)C(=O)NC2CCCCC2)S(C)(=O)=O)c1. The molecule has 2 amide bonds. The molecular weight excluding hydrogens is 605 g/mol. The largest absolute Gasteiger partial charge is 0.352 e. The van der Waals surface area contributed by atoms with Gasteiger partial charge in [0.2, 0.25) is 21.8 Å². The molecule has 1 N–H and O–H groups in total. The Bertz CT molecular complexity index is 1520. The number of hydrogen-bond donors (Lipinski definition) is 1. The van der Waals surface area contributed by atoms with Gasteiger partial charge in [-0.05, 0) is 61.6 Å². The minimum Gasteiger partial charge on any atom is -0.352 e. The van der Waals surface area contributed by atoms with Crippen molar-refractivity contribution in [2.75, 3.05) is 17.1 Å². The minimum absolute atomic E-state index is 0.0165. The molecule has 3 aromatic rings. The predicted octanol–water partition coefficient (Wildman–Crippen LogP) is 6.47. The summed E-state index contributed by atoms with van der Waals surface area (Å²) in [6, 6.07) is 19.1. The van der Waals surface area contributed by atoms with Crippen LogP contribution in [0.25, 0.3) is 0 Å². The third-order valence-electron chi connectivity index (χ3n) is 7.93. The predicted molar refractivity (Wildman–Crippen MR) is 174 cm³/mol. The molecule has 1 aliphatic carbocycles. The van der Waals surface area contributed by atoms with E-state index in [0.717, 1.165) is 53.8 Å². The quantitative estimate of drug-likeness (QED) is 0.260. The third-order valence-corrected chi connectivity index (χ3v) is 9.76. The molecular formula is C33H39Cl2N3O4S. The lowest BCUT2D eigenvalue weighted by molar-refractivity contribution is -0.140. The lowest BCUT2D eigenvalue weighted by Gasteiger charge is -2.35. The number of anilines is 1. The first-order valence-electron chi connectivity index (χ1n) is 14.6. The topological polar surface area (TPSA) is 86.8 Å². The van der Waals surface area contributed by atoms with Crippen LogP contribution in [-0.2, 0) is 32.6 Å². The number of sulfonamides is 1. The Morgan fingerprint density at radius 3 is 2.21 bits per heavy atom. The molecule has 1 atom stereocenters. The average molecular weight is 645 g/mol. The molecule has 43 heavy (non-hydrogen) atoms.